The van der Waals surface area contributed by atoms with Gasteiger partial charge in [0.1, 0.15) is 9.22 Å². The second kappa shape index (κ2) is 6.58. The number of nitrogens with zero attached hydrogens (tertiary/aromatic N) is 1. The van der Waals surface area contributed by atoms with Crippen molar-refractivity contribution >= 4 is 38.4 Å². The molecule has 0 unspecified atom stereocenters. The summed E-state index contributed by atoms with van der Waals surface area (Å²) in [6, 6.07) is 5.99. The third-order valence-electron chi connectivity index (χ3n) is 3.14. The number of aryl methyl sites for hydroxylation is 1. The van der Waals surface area contributed by atoms with E-state index < -0.39 is 21.7 Å². The number of halogens is 2. The van der Waals surface area contributed by atoms with Gasteiger partial charge in [0.15, 0.2) is 11.6 Å². The van der Waals surface area contributed by atoms with Crippen molar-refractivity contribution in [3.8, 4) is 9.88 Å². The molecular formula is C15H12F2N2O2S3. The average molecular weight is 386 g/mol. The monoisotopic (exact) mass is 386 g/mol. The van der Waals surface area contributed by atoms with Crippen LogP contribution in [0.15, 0.2) is 39.9 Å². The summed E-state index contributed by atoms with van der Waals surface area (Å²) >= 11 is 2.52. The Hall–Kier alpha value is -1.84. The van der Waals surface area contributed by atoms with Crippen LogP contribution in [0.1, 0.15) is 12.6 Å². The molecule has 1 aromatic carbocycles. The van der Waals surface area contributed by atoms with Crippen molar-refractivity contribution in [3.63, 3.8) is 0 Å². The summed E-state index contributed by atoms with van der Waals surface area (Å²) in [5, 5.41) is 2.69. The lowest BCUT2D eigenvalue weighted by Crippen LogP contribution is -2.11. The van der Waals surface area contributed by atoms with Gasteiger partial charge in [0.2, 0.25) is 0 Å². The lowest BCUT2D eigenvalue weighted by Gasteiger charge is -2.06. The predicted octanol–water partition coefficient (Wildman–Crippen LogP) is 4.51. The molecule has 3 rings (SSSR count). The first kappa shape index (κ1) is 17.0. The number of rotatable bonds is 5. The molecule has 0 fully saturated rings. The van der Waals surface area contributed by atoms with E-state index in [1.165, 1.54) is 23.5 Å². The largest absolute Gasteiger partial charge is 0.279 e. The van der Waals surface area contributed by atoms with Crippen LogP contribution >= 0.6 is 22.7 Å². The Labute approximate surface area is 145 Å². The van der Waals surface area contributed by atoms with E-state index in [4.69, 9.17) is 0 Å². The molecule has 0 spiro atoms. The minimum absolute atomic E-state index is 0.0358. The molecule has 0 radical (unpaired) electrons. The molecule has 2 heterocycles. The third kappa shape index (κ3) is 3.47. The fourth-order valence-corrected chi connectivity index (χ4v) is 5.26. The highest BCUT2D eigenvalue weighted by Gasteiger charge is 2.19. The molecule has 0 saturated heterocycles. The Morgan fingerprint density at radius 1 is 1.17 bits per heavy atom. The molecular weight excluding hydrogens is 374 g/mol. The van der Waals surface area contributed by atoms with Gasteiger partial charge in [0.05, 0.1) is 16.3 Å². The summed E-state index contributed by atoms with van der Waals surface area (Å²) in [6.07, 6.45) is 0.810. The number of hydrogen-bond donors (Lipinski definition) is 1. The second-order valence-corrected chi connectivity index (χ2v) is 8.70. The highest BCUT2D eigenvalue weighted by Crippen LogP contribution is 2.33. The third-order valence-corrected chi connectivity index (χ3v) is 7.16. The van der Waals surface area contributed by atoms with Gasteiger partial charge in [-0.05, 0) is 30.7 Å². The summed E-state index contributed by atoms with van der Waals surface area (Å²) in [5.74, 6) is -2.15. The van der Waals surface area contributed by atoms with Crippen molar-refractivity contribution in [1.82, 2.24) is 4.98 Å². The van der Waals surface area contributed by atoms with Crippen LogP contribution in [-0.4, -0.2) is 13.4 Å². The maximum atomic E-state index is 13.2. The van der Waals surface area contributed by atoms with Crippen LogP contribution in [0.4, 0.5) is 14.5 Å². The first-order valence-electron chi connectivity index (χ1n) is 6.91. The molecule has 0 amide bonds. The van der Waals surface area contributed by atoms with Gasteiger partial charge in [0.25, 0.3) is 10.0 Å². The van der Waals surface area contributed by atoms with Crippen molar-refractivity contribution in [2.75, 3.05) is 4.72 Å². The number of benzene rings is 1. The van der Waals surface area contributed by atoms with Crippen LogP contribution < -0.4 is 4.72 Å². The topological polar surface area (TPSA) is 59.1 Å². The number of sulfonamides is 1. The van der Waals surface area contributed by atoms with Crippen molar-refractivity contribution in [3.05, 3.63) is 53.0 Å². The van der Waals surface area contributed by atoms with E-state index in [2.05, 4.69) is 9.71 Å². The number of nitrogens with one attached hydrogen (secondary N) is 1. The predicted molar refractivity (Wildman–Crippen MR) is 92.0 cm³/mol. The van der Waals surface area contributed by atoms with Crippen LogP contribution in [0.5, 0.6) is 0 Å². The van der Waals surface area contributed by atoms with Gasteiger partial charge in [0, 0.05) is 11.4 Å². The van der Waals surface area contributed by atoms with Crippen LogP contribution in [0.2, 0.25) is 0 Å². The molecule has 1 N–H and O–H groups in total. The van der Waals surface area contributed by atoms with Crippen molar-refractivity contribution in [2.45, 2.75) is 17.6 Å². The maximum Gasteiger partial charge on any atom is 0.271 e. The highest BCUT2D eigenvalue weighted by molar-refractivity contribution is 7.94. The molecule has 0 bridgehead atoms. The zero-order valence-electron chi connectivity index (χ0n) is 12.4. The molecule has 0 aliphatic carbocycles. The molecule has 0 aliphatic rings. The van der Waals surface area contributed by atoms with Crippen molar-refractivity contribution in [1.29, 1.82) is 0 Å². The number of thiazole rings is 1. The Kier molecular flexibility index (Phi) is 4.66. The van der Waals surface area contributed by atoms with E-state index in [0.717, 1.165) is 45.5 Å². The summed E-state index contributed by atoms with van der Waals surface area (Å²) in [6.45, 7) is 1.99. The summed E-state index contributed by atoms with van der Waals surface area (Å²) in [7, 11) is -3.87. The van der Waals surface area contributed by atoms with Crippen LogP contribution in [-0.2, 0) is 16.4 Å². The molecule has 24 heavy (non-hydrogen) atoms. The van der Waals surface area contributed by atoms with Gasteiger partial charge >= 0.3 is 0 Å². The van der Waals surface area contributed by atoms with Gasteiger partial charge in [-0.1, -0.05) is 6.92 Å². The zero-order valence-corrected chi connectivity index (χ0v) is 14.9. The Balaban J connectivity index is 1.86. The summed E-state index contributed by atoms with van der Waals surface area (Å²) in [4.78, 5) is 5.16. The van der Waals surface area contributed by atoms with Crippen LogP contribution in [0.3, 0.4) is 0 Å². The van der Waals surface area contributed by atoms with E-state index >= 15 is 0 Å². The van der Waals surface area contributed by atoms with E-state index in [9.17, 15) is 17.2 Å². The quantitative estimate of drug-likeness (QED) is 0.702. The van der Waals surface area contributed by atoms with E-state index in [1.54, 1.807) is 6.07 Å². The molecule has 2 aromatic heterocycles. The first-order valence-corrected chi connectivity index (χ1v) is 10.1. The normalized spacial score (nSPS) is 11.6. The van der Waals surface area contributed by atoms with Gasteiger partial charge in [-0.2, -0.15) is 0 Å². The second-order valence-electron chi connectivity index (χ2n) is 4.85. The number of anilines is 1. The van der Waals surface area contributed by atoms with Gasteiger partial charge in [-0.15, -0.1) is 22.7 Å². The first-order chi connectivity index (χ1) is 11.4. The zero-order chi connectivity index (χ0) is 17.3. The SMILES string of the molecule is CCc1csc(-c2ccc(S(=O)(=O)Nc3ccc(F)c(F)c3)s2)n1. The average Bonchev–Trinajstić information content (AvgIpc) is 3.19. The molecule has 126 valence electrons. The van der Waals surface area contributed by atoms with Gasteiger partial charge in [-0.3, -0.25) is 4.72 Å². The van der Waals surface area contributed by atoms with Crippen LogP contribution in [0, 0.1) is 11.6 Å². The Morgan fingerprint density at radius 3 is 2.62 bits per heavy atom. The van der Waals surface area contributed by atoms with Crippen LogP contribution in [0.25, 0.3) is 9.88 Å². The van der Waals surface area contributed by atoms with E-state index in [-0.39, 0.29) is 9.90 Å². The number of aromatic nitrogens is 1. The highest BCUT2D eigenvalue weighted by atomic mass is 32.2. The fourth-order valence-electron chi connectivity index (χ4n) is 1.93. The smallest absolute Gasteiger partial charge is 0.271 e. The molecule has 0 saturated carbocycles. The molecule has 3 aromatic rings. The van der Waals surface area contributed by atoms with Crippen molar-refractivity contribution < 1.29 is 17.2 Å². The lowest BCUT2D eigenvalue weighted by atomic mass is 10.3. The number of thiophene rings is 1. The fraction of sp³-hybridized carbons (Fsp3) is 0.133. The maximum absolute atomic E-state index is 13.2. The Bertz CT molecular complexity index is 980. The molecule has 0 aliphatic heterocycles. The minimum Gasteiger partial charge on any atom is -0.279 e. The molecule has 4 nitrogen and oxygen atoms in total. The van der Waals surface area contributed by atoms with Gasteiger partial charge in [-0.25, -0.2) is 22.2 Å². The summed E-state index contributed by atoms with van der Waals surface area (Å²) in [5.41, 5.74) is 0.916. The minimum atomic E-state index is -3.87. The lowest BCUT2D eigenvalue weighted by molar-refractivity contribution is 0.509. The van der Waals surface area contributed by atoms with Crippen molar-refractivity contribution in [2.24, 2.45) is 0 Å². The van der Waals surface area contributed by atoms with Gasteiger partial charge < -0.3 is 0 Å². The molecule has 9 heteroatoms. The molecule has 0 atom stereocenters. The van der Waals surface area contributed by atoms with E-state index in [1.807, 2.05) is 12.3 Å². The summed E-state index contributed by atoms with van der Waals surface area (Å²) < 4.78 is 53.2. The Morgan fingerprint density at radius 2 is 1.96 bits per heavy atom. The number of hydrogen-bond acceptors (Lipinski definition) is 5. The van der Waals surface area contributed by atoms with E-state index in [0.29, 0.717) is 0 Å². The standard InChI is InChI=1S/C15H12F2N2O2S3/c1-2-9-8-22-15(18-9)13-5-6-14(23-13)24(20,21)19-10-3-4-11(16)12(17)7-10/h3-8,19H,2H2,1H3.